The Bertz CT molecular complexity index is 293. The normalized spacial score (nSPS) is 21.2. The molecule has 1 aromatic carbocycles. The fourth-order valence-corrected chi connectivity index (χ4v) is 1.32. The van der Waals surface area contributed by atoms with Crippen LogP contribution in [-0.2, 0) is 0 Å². The molecular formula is C12H10. The lowest BCUT2D eigenvalue weighted by Crippen LogP contribution is -1.96. The van der Waals surface area contributed by atoms with Crippen LogP contribution in [0.1, 0.15) is 11.5 Å². The van der Waals surface area contributed by atoms with Gasteiger partial charge in [-0.2, -0.15) is 0 Å². The average Bonchev–Trinajstić information content (AvgIpc) is 2.21. The molecular weight excluding hydrogens is 144 g/mol. The molecule has 0 aromatic heterocycles. The van der Waals surface area contributed by atoms with Crippen molar-refractivity contribution in [1.29, 1.82) is 0 Å². The second-order valence-corrected chi connectivity index (χ2v) is 2.81. The van der Waals surface area contributed by atoms with E-state index in [1.165, 1.54) is 5.56 Å². The second-order valence-electron chi connectivity index (χ2n) is 2.81. The molecule has 0 aliphatic heterocycles. The van der Waals surface area contributed by atoms with E-state index in [-0.39, 0.29) is 0 Å². The molecule has 0 spiro atoms. The van der Waals surface area contributed by atoms with Crippen molar-refractivity contribution in [1.82, 2.24) is 0 Å². The summed E-state index contributed by atoms with van der Waals surface area (Å²) in [5.41, 5.74) is 1.23. The minimum Gasteiger partial charge on any atom is -0.0799 e. The second kappa shape index (κ2) is 3.40. The summed E-state index contributed by atoms with van der Waals surface area (Å²) in [6.07, 6.45) is 10.5. The summed E-state index contributed by atoms with van der Waals surface area (Å²) in [7, 11) is 0. The molecule has 0 nitrogen and oxygen atoms in total. The van der Waals surface area contributed by atoms with Crippen molar-refractivity contribution in [2.45, 2.75) is 5.92 Å². The molecule has 1 aromatic rings. The molecule has 58 valence electrons. The van der Waals surface area contributed by atoms with Crippen LogP contribution in [0.3, 0.4) is 0 Å². The zero-order valence-electron chi connectivity index (χ0n) is 6.77. The fourth-order valence-electron chi connectivity index (χ4n) is 1.32. The van der Waals surface area contributed by atoms with Gasteiger partial charge >= 0.3 is 0 Å². The van der Waals surface area contributed by atoms with E-state index >= 15 is 0 Å². The topological polar surface area (TPSA) is 0 Å². The van der Waals surface area contributed by atoms with E-state index < -0.39 is 0 Å². The number of hydrogen-bond donors (Lipinski definition) is 0. The molecule has 0 heteroatoms. The molecule has 1 aliphatic rings. The van der Waals surface area contributed by atoms with Crippen molar-refractivity contribution in [3.8, 4) is 0 Å². The summed E-state index contributed by atoms with van der Waals surface area (Å²) in [4.78, 5) is 0. The van der Waals surface area contributed by atoms with E-state index in [1.54, 1.807) is 0 Å². The molecule has 0 saturated carbocycles. The van der Waals surface area contributed by atoms with E-state index in [0.717, 1.165) is 0 Å². The van der Waals surface area contributed by atoms with Crippen LogP contribution in [-0.4, -0.2) is 0 Å². The zero-order chi connectivity index (χ0) is 8.23. The quantitative estimate of drug-likeness (QED) is 0.583. The minimum atomic E-state index is 0.413. The number of benzene rings is 1. The highest BCUT2D eigenvalue weighted by atomic mass is 14.1. The van der Waals surface area contributed by atoms with E-state index in [0.29, 0.717) is 5.92 Å². The summed E-state index contributed by atoms with van der Waals surface area (Å²) in [6, 6.07) is 11.3. The van der Waals surface area contributed by atoms with Crippen molar-refractivity contribution < 1.29 is 0 Å². The van der Waals surface area contributed by atoms with Gasteiger partial charge in [-0.25, -0.2) is 0 Å². The zero-order valence-corrected chi connectivity index (χ0v) is 6.77. The van der Waals surface area contributed by atoms with Gasteiger partial charge in [-0.05, 0) is 18.1 Å². The molecule has 12 heavy (non-hydrogen) atoms. The monoisotopic (exact) mass is 154 g/mol. The standard InChI is InChI=1S/C12H10/c1-3-7-11(8-4-1)12-9-5-2-6-10-12/h1-9,11H. The lowest BCUT2D eigenvalue weighted by Gasteiger charge is -2.11. The third-order valence-corrected chi connectivity index (χ3v) is 1.95. The SMILES string of the molecule is [c]1ccccc1C1[CH]C=CC=C1. The predicted molar refractivity (Wildman–Crippen MR) is 50.6 cm³/mol. The summed E-state index contributed by atoms with van der Waals surface area (Å²) in [6.45, 7) is 0. The van der Waals surface area contributed by atoms with Crippen LogP contribution in [0.2, 0.25) is 0 Å². The molecule has 2 radical (unpaired) electrons. The first-order valence-corrected chi connectivity index (χ1v) is 4.12. The highest BCUT2D eigenvalue weighted by molar-refractivity contribution is 5.33. The first-order chi connectivity index (χ1) is 5.97. The lowest BCUT2D eigenvalue weighted by atomic mass is 9.93. The van der Waals surface area contributed by atoms with Gasteiger partial charge in [0, 0.05) is 5.92 Å². The smallest absolute Gasteiger partial charge is 0.00961 e. The van der Waals surface area contributed by atoms with Gasteiger partial charge in [-0.3, -0.25) is 0 Å². The maximum absolute atomic E-state index is 3.22. The molecule has 1 aliphatic carbocycles. The van der Waals surface area contributed by atoms with Crippen molar-refractivity contribution in [3.63, 3.8) is 0 Å². The van der Waals surface area contributed by atoms with Crippen LogP contribution >= 0.6 is 0 Å². The largest absolute Gasteiger partial charge is 0.0799 e. The van der Waals surface area contributed by atoms with Crippen molar-refractivity contribution >= 4 is 0 Å². The van der Waals surface area contributed by atoms with Gasteiger partial charge < -0.3 is 0 Å². The van der Waals surface area contributed by atoms with Crippen molar-refractivity contribution in [2.24, 2.45) is 0 Å². The van der Waals surface area contributed by atoms with E-state index in [2.05, 4.69) is 36.8 Å². The predicted octanol–water partition coefficient (Wildman–Crippen LogP) is 2.90. The Balaban J connectivity index is 2.21. The fraction of sp³-hybridized carbons (Fsp3) is 0.0833. The van der Waals surface area contributed by atoms with Crippen molar-refractivity contribution in [3.05, 3.63) is 66.6 Å². The average molecular weight is 154 g/mol. The first-order valence-electron chi connectivity index (χ1n) is 4.12. The Labute approximate surface area is 73.2 Å². The van der Waals surface area contributed by atoms with Crippen LogP contribution in [0.25, 0.3) is 0 Å². The molecule has 0 fully saturated rings. The Hall–Kier alpha value is -1.30. The third-order valence-electron chi connectivity index (χ3n) is 1.95. The van der Waals surface area contributed by atoms with Gasteiger partial charge in [0.15, 0.2) is 0 Å². The highest BCUT2D eigenvalue weighted by Crippen LogP contribution is 2.22. The van der Waals surface area contributed by atoms with Gasteiger partial charge in [-0.15, -0.1) is 0 Å². The van der Waals surface area contributed by atoms with Crippen LogP contribution in [0.15, 0.2) is 48.6 Å². The van der Waals surface area contributed by atoms with Crippen LogP contribution in [0, 0.1) is 12.5 Å². The Kier molecular flexibility index (Phi) is 2.08. The maximum atomic E-state index is 3.22. The number of allylic oxidation sites excluding steroid dienone is 4. The Morgan fingerprint density at radius 2 is 2.08 bits per heavy atom. The van der Waals surface area contributed by atoms with Gasteiger partial charge in [0.05, 0.1) is 0 Å². The molecule has 0 N–H and O–H groups in total. The van der Waals surface area contributed by atoms with E-state index in [9.17, 15) is 0 Å². The molecule has 2 rings (SSSR count). The van der Waals surface area contributed by atoms with Gasteiger partial charge in [0.25, 0.3) is 0 Å². The summed E-state index contributed by atoms with van der Waals surface area (Å²) in [5.74, 6) is 0.413. The third kappa shape index (κ3) is 1.48. The summed E-state index contributed by atoms with van der Waals surface area (Å²) in [5, 5.41) is 0. The molecule has 1 unspecified atom stereocenters. The van der Waals surface area contributed by atoms with Gasteiger partial charge in [0.1, 0.15) is 0 Å². The Morgan fingerprint density at radius 1 is 1.08 bits per heavy atom. The minimum absolute atomic E-state index is 0.413. The highest BCUT2D eigenvalue weighted by Gasteiger charge is 2.06. The summed E-state index contributed by atoms with van der Waals surface area (Å²) < 4.78 is 0. The number of hydrogen-bond acceptors (Lipinski definition) is 0. The molecule has 0 heterocycles. The van der Waals surface area contributed by atoms with Crippen LogP contribution in [0.4, 0.5) is 0 Å². The lowest BCUT2D eigenvalue weighted by molar-refractivity contribution is 1.01. The Morgan fingerprint density at radius 3 is 2.75 bits per heavy atom. The molecule has 1 atom stereocenters. The number of rotatable bonds is 1. The van der Waals surface area contributed by atoms with Crippen molar-refractivity contribution in [2.75, 3.05) is 0 Å². The summed E-state index contributed by atoms with van der Waals surface area (Å²) >= 11 is 0. The van der Waals surface area contributed by atoms with E-state index in [1.807, 2.05) is 24.3 Å². The van der Waals surface area contributed by atoms with Crippen LogP contribution in [0.5, 0.6) is 0 Å². The molecule has 0 amide bonds. The molecule has 0 bridgehead atoms. The first kappa shape index (κ1) is 7.35. The maximum Gasteiger partial charge on any atom is 0.00961 e. The van der Waals surface area contributed by atoms with E-state index in [4.69, 9.17) is 0 Å². The van der Waals surface area contributed by atoms with Crippen LogP contribution < -0.4 is 0 Å². The van der Waals surface area contributed by atoms with Gasteiger partial charge in [0.2, 0.25) is 0 Å². The van der Waals surface area contributed by atoms with Gasteiger partial charge in [-0.1, -0.05) is 48.6 Å². The molecule has 0 saturated heterocycles.